The number of rotatable bonds is 5. The maximum atomic E-state index is 13.0. The predicted octanol–water partition coefficient (Wildman–Crippen LogP) is 4.07. The molecule has 0 spiro atoms. The molecule has 0 unspecified atom stereocenters. The average Bonchev–Trinajstić information content (AvgIpc) is 2.81. The van der Waals surface area contributed by atoms with E-state index in [0.717, 1.165) is 59.3 Å². The summed E-state index contributed by atoms with van der Waals surface area (Å²) in [5, 5.41) is 5.29. The molecule has 3 aromatic carbocycles. The number of ether oxygens (including phenoxy) is 1. The Balaban J connectivity index is 1.43. The summed E-state index contributed by atoms with van der Waals surface area (Å²) in [6, 6.07) is 17.3. The Bertz CT molecular complexity index is 1310. The first-order valence-electron chi connectivity index (χ1n) is 11.4. The van der Waals surface area contributed by atoms with Gasteiger partial charge in [-0.15, -0.1) is 0 Å². The van der Waals surface area contributed by atoms with Crippen LogP contribution in [-0.2, 0) is 23.0 Å². The van der Waals surface area contributed by atoms with Crippen LogP contribution in [0.25, 0.3) is 10.8 Å². The van der Waals surface area contributed by atoms with E-state index < -0.39 is 10.0 Å². The van der Waals surface area contributed by atoms with E-state index in [1.807, 2.05) is 54.6 Å². The zero-order valence-electron chi connectivity index (χ0n) is 18.7. The maximum Gasteiger partial charge on any atom is 0.235 e. The molecular weight excluding hydrogens is 436 g/mol. The number of nitrogens with zero attached hydrogens (tertiary/aromatic N) is 1. The Hall–Kier alpha value is -2.90. The number of piperidine rings is 1. The second kappa shape index (κ2) is 8.80. The fourth-order valence-corrected chi connectivity index (χ4v) is 6.17. The van der Waals surface area contributed by atoms with Crippen molar-refractivity contribution in [3.8, 4) is 5.75 Å². The van der Waals surface area contributed by atoms with Gasteiger partial charge in [0.2, 0.25) is 10.0 Å². The number of carbonyl (C=O) groups excluding carboxylic acids is 1. The van der Waals surface area contributed by atoms with E-state index in [0.29, 0.717) is 12.0 Å². The Labute approximate surface area is 194 Å². The smallest absolute Gasteiger partial charge is 0.235 e. The molecule has 1 N–H and O–H groups in total. The summed E-state index contributed by atoms with van der Waals surface area (Å²) in [5.41, 5.74) is 3.25. The van der Waals surface area contributed by atoms with Gasteiger partial charge in [0.05, 0.1) is 18.0 Å². The first kappa shape index (κ1) is 21.9. The van der Waals surface area contributed by atoms with E-state index in [4.69, 9.17) is 4.74 Å². The summed E-state index contributed by atoms with van der Waals surface area (Å²) in [7, 11) is -3.42. The second-order valence-electron chi connectivity index (χ2n) is 8.88. The van der Waals surface area contributed by atoms with Crippen LogP contribution in [0.15, 0.2) is 54.6 Å². The number of carbonyl (C=O) groups is 1. The third-order valence-corrected chi connectivity index (χ3v) is 8.23. The van der Waals surface area contributed by atoms with Crippen LogP contribution in [0, 0.1) is 0 Å². The molecule has 1 saturated heterocycles. The molecule has 0 aromatic heterocycles. The van der Waals surface area contributed by atoms with Gasteiger partial charge in [0.1, 0.15) is 11.9 Å². The van der Waals surface area contributed by atoms with Gasteiger partial charge in [0.15, 0.2) is 5.78 Å². The van der Waals surface area contributed by atoms with Gasteiger partial charge in [0.25, 0.3) is 0 Å². The third kappa shape index (κ3) is 4.61. The number of fused-ring (bicyclic) bond motifs is 2. The number of anilines is 1. The van der Waals surface area contributed by atoms with Crippen LogP contribution < -0.4 is 14.4 Å². The van der Waals surface area contributed by atoms with E-state index in [9.17, 15) is 13.2 Å². The van der Waals surface area contributed by atoms with Crippen molar-refractivity contribution >= 4 is 32.3 Å². The van der Waals surface area contributed by atoms with Gasteiger partial charge in [-0.2, -0.15) is 0 Å². The molecular formula is C26H28N2O4S. The molecule has 0 radical (unpaired) electrons. The van der Waals surface area contributed by atoms with Crippen molar-refractivity contribution in [3.63, 3.8) is 0 Å². The molecule has 6 nitrogen and oxygen atoms in total. The van der Waals surface area contributed by atoms with Crippen molar-refractivity contribution in [2.24, 2.45) is 0 Å². The number of ketones is 1. The Morgan fingerprint density at radius 1 is 1.03 bits per heavy atom. The molecule has 0 amide bonds. The van der Waals surface area contributed by atoms with E-state index >= 15 is 0 Å². The fraction of sp³-hybridized carbons (Fsp3) is 0.346. The van der Waals surface area contributed by atoms with Gasteiger partial charge in [0, 0.05) is 5.56 Å². The summed E-state index contributed by atoms with van der Waals surface area (Å²) < 4.78 is 33.7. The Morgan fingerprint density at radius 3 is 2.61 bits per heavy atom. The minimum Gasteiger partial charge on any atom is -0.490 e. The summed E-state index contributed by atoms with van der Waals surface area (Å²) in [6.07, 6.45) is 2.64. The highest BCUT2D eigenvalue weighted by atomic mass is 32.2. The summed E-state index contributed by atoms with van der Waals surface area (Å²) in [5.74, 6) is 0.901. The normalized spacial score (nSPS) is 18.2. The molecule has 0 atom stereocenters. The molecule has 2 heterocycles. The SMILES string of the molecule is CC(=O)c1ccc2ccc(CN3c4ccc(OC5CCNCC5)cc4CCS3(=O)=O)cc2c1. The number of aryl methyl sites for hydroxylation is 1. The van der Waals surface area contributed by atoms with Gasteiger partial charge >= 0.3 is 0 Å². The van der Waals surface area contributed by atoms with Crippen molar-refractivity contribution in [3.05, 3.63) is 71.3 Å². The topological polar surface area (TPSA) is 75.7 Å². The molecule has 0 saturated carbocycles. The number of hydrogen-bond acceptors (Lipinski definition) is 5. The van der Waals surface area contributed by atoms with Crippen molar-refractivity contribution in [2.75, 3.05) is 23.1 Å². The summed E-state index contributed by atoms with van der Waals surface area (Å²) in [4.78, 5) is 11.8. The van der Waals surface area contributed by atoms with E-state index in [2.05, 4.69) is 5.32 Å². The minimum absolute atomic E-state index is 0.0114. The van der Waals surface area contributed by atoms with Crippen LogP contribution in [0.4, 0.5) is 5.69 Å². The lowest BCUT2D eigenvalue weighted by Crippen LogP contribution is -2.37. The Kier molecular flexibility index (Phi) is 5.85. The molecule has 0 aliphatic carbocycles. The van der Waals surface area contributed by atoms with Crippen molar-refractivity contribution in [1.29, 1.82) is 0 Å². The highest BCUT2D eigenvalue weighted by molar-refractivity contribution is 7.92. The van der Waals surface area contributed by atoms with Gasteiger partial charge in [-0.25, -0.2) is 8.42 Å². The molecule has 3 aromatic rings. The monoisotopic (exact) mass is 464 g/mol. The molecule has 2 aliphatic heterocycles. The van der Waals surface area contributed by atoms with Gasteiger partial charge in [-0.1, -0.05) is 24.3 Å². The van der Waals surface area contributed by atoms with E-state index in [1.165, 1.54) is 4.31 Å². The first-order chi connectivity index (χ1) is 15.9. The molecule has 1 fully saturated rings. The zero-order chi connectivity index (χ0) is 23.0. The standard InChI is InChI=1S/C26H28N2O4S/c1-18(29)21-5-4-20-3-2-19(14-23(20)15-21)17-28-26-7-6-25(32-24-8-11-27-12-9-24)16-22(26)10-13-33(28,30)31/h2-7,14-16,24,27H,8-13,17H2,1H3. The Morgan fingerprint density at radius 2 is 1.82 bits per heavy atom. The lowest BCUT2D eigenvalue weighted by molar-refractivity contribution is 0.101. The van der Waals surface area contributed by atoms with Crippen molar-refractivity contribution in [2.45, 2.75) is 38.8 Å². The number of hydrogen-bond donors (Lipinski definition) is 1. The lowest BCUT2D eigenvalue weighted by atomic mass is 10.0. The number of Topliss-reactive ketones (excluding diaryl/α,β-unsaturated/α-hetero) is 1. The summed E-state index contributed by atoms with van der Waals surface area (Å²) >= 11 is 0. The predicted molar refractivity (Wildman–Crippen MR) is 131 cm³/mol. The molecule has 7 heteroatoms. The van der Waals surface area contributed by atoms with Crippen LogP contribution in [0.3, 0.4) is 0 Å². The van der Waals surface area contributed by atoms with Crippen LogP contribution in [0.2, 0.25) is 0 Å². The van der Waals surface area contributed by atoms with Gasteiger partial charge in [-0.05, 0) is 91.5 Å². The van der Waals surface area contributed by atoms with E-state index in [-0.39, 0.29) is 24.2 Å². The maximum absolute atomic E-state index is 13.0. The van der Waals surface area contributed by atoms with Gasteiger partial charge < -0.3 is 10.1 Å². The molecule has 0 bridgehead atoms. The molecule has 172 valence electrons. The minimum atomic E-state index is -3.42. The highest BCUT2D eigenvalue weighted by Gasteiger charge is 2.30. The second-order valence-corrected chi connectivity index (χ2v) is 10.9. The van der Waals surface area contributed by atoms with Crippen molar-refractivity contribution in [1.82, 2.24) is 5.32 Å². The third-order valence-electron chi connectivity index (χ3n) is 6.51. The number of benzene rings is 3. The summed E-state index contributed by atoms with van der Waals surface area (Å²) in [6.45, 7) is 3.72. The quantitative estimate of drug-likeness (QED) is 0.576. The van der Waals surface area contributed by atoms with Crippen LogP contribution >= 0.6 is 0 Å². The molecule has 5 rings (SSSR count). The largest absolute Gasteiger partial charge is 0.490 e. The van der Waals surface area contributed by atoms with Crippen molar-refractivity contribution < 1.29 is 17.9 Å². The lowest BCUT2D eigenvalue weighted by Gasteiger charge is -2.31. The van der Waals surface area contributed by atoms with Gasteiger partial charge in [-0.3, -0.25) is 9.10 Å². The van der Waals surface area contributed by atoms with Crippen LogP contribution in [0.5, 0.6) is 5.75 Å². The fourth-order valence-electron chi connectivity index (χ4n) is 4.65. The van der Waals surface area contributed by atoms with E-state index in [1.54, 1.807) is 6.92 Å². The number of sulfonamides is 1. The van der Waals surface area contributed by atoms with Crippen LogP contribution in [0.1, 0.15) is 41.3 Å². The number of nitrogens with one attached hydrogen (secondary N) is 1. The zero-order valence-corrected chi connectivity index (χ0v) is 19.5. The average molecular weight is 465 g/mol. The van der Waals surface area contributed by atoms with Crippen LogP contribution in [-0.4, -0.2) is 39.1 Å². The highest BCUT2D eigenvalue weighted by Crippen LogP contribution is 2.34. The molecule has 33 heavy (non-hydrogen) atoms. The molecule has 2 aliphatic rings. The first-order valence-corrected chi connectivity index (χ1v) is 13.0.